The average Bonchev–Trinajstić information content (AvgIpc) is 2.77. The fourth-order valence-corrected chi connectivity index (χ4v) is 2.14. The number of aromatic nitrogens is 1. The van der Waals surface area contributed by atoms with E-state index in [0.29, 0.717) is 10.8 Å². The predicted molar refractivity (Wildman–Crippen MR) is 72.2 cm³/mol. The molecule has 1 aromatic heterocycles. The summed E-state index contributed by atoms with van der Waals surface area (Å²) in [6, 6.07) is 3.54. The maximum absolute atomic E-state index is 13.6. The van der Waals surface area contributed by atoms with Crippen LogP contribution in [0.2, 0.25) is 0 Å². The number of rotatable bonds is 4. The number of carboxylic acid groups (broad SMARTS) is 1. The standard InChI is InChI=1S/C12H10FN3O3S/c13-8-3-1-2-7(11(18)19)10(8)16-9(17)4-6-5-20-12(14)15-6/h1-3,5H,4H2,(H2,14,15)(H,16,17)(H,18,19). The number of anilines is 2. The van der Waals surface area contributed by atoms with Crippen LogP contribution < -0.4 is 11.1 Å². The van der Waals surface area contributed by atoms with Gasteiger partial charge in [-0.15, -0.1) is 11.3 Å². The molecule has 0 aliphatic carbocycles. The molecule has 0 aliphatic heterocycles. The van der Waals surface area contributed by atoms with E-state index in [1.165, 1.54) is 23.5 Å². The molecule has 0 saturated heterocycles. The lowest BCUT2D eigenvalue weighted by atomic mass is 10.1. The van der Waals surface area contributed by atoms with Crippen LogP contribution in [-0.2, 0) is 11.2 Å². The van der Waals surface area contributed by atoms with Crippen molar-refractivity contribution in [3.05, 3.63) is 40.7 Å². The minimum atomic E-state index is -1.32. The fourth-order valence-electron chi connectivity index (χ4n) is 1.58. The number of thiazole rings is 1. The maximum atomic E-state index is 13.6. The lowest BCUT2D eigenvalue weighted by Gasteiger charge is -2.08. The van der Waals surface area contributed by atoms with Crippen molar-refractivity contribution in [3.8, 4) is 0 Å². The van der Waals surface area contributed by atoms with E-state index in [-0.39, 0.29) is 17.7 Å². The molecule has 2 rings (SSSR count). The lowest BCUT2D eigenvalue weighted by molar-refractivity contribution is -0.115. The lowest BCUT2D eigenvalue weighted by Crippen LogP contribution is -2.18. The number of nitrogens with zero attached hydrogens (tertiary/aromatic N) is 1. The van der Waals surface area contributed by atoms with Crippen molar-refractivity contribution in [1.29, 1.82) is 0 Å². The van der Waals surface area contributed by atoms with Gasteiger partial charge in [-0.05, 0) is 12.1 Å². The van der Waals surface area contributed by atoms with Crippen LogP contribution >= 0.6 is 11.3 Å². The zero-order chi connectivity index (χ0) is 14.7. The van der Waals surface area contributed by atoms with E-state index in [9.17, 15) is 14.0 Å². The largest absolute Gasteiger partial charge is 0.478 e. The number of carbonyl (C=O) groups is 2. The van der Waals surface area contributed by atoms with E-state index < -0.39 is 17.7 Å². The second-order valence-electron chi connectivity index (χ2n) is 3.87. The summed E-state index contributed by atoms with van der Waals surface area (Å²) in [6.45, 7) is 0. The van der Waals surface area contributed by atoms with Crippen molar-refractivity contribution in [1.82, 2.24) is 4.98 Å². The second kappa shape index (κ2) is 5.66. The number of hydrogen-bond acceptors (Lipinski definition) is 5. The van der Waals surface area contributed by atoms with Crippen LogP contribution in [-0.4, -0.2) is 22.0 Å². The van der Waals surface area contributed by atoms with Crippen molar-refractivity contribution < 1.29 is 19.1 Å². The third-order valence-corrected chi connectivity index (χ3v) is 3.14. The number of hydrogen-bond donors (Lipinski definition) is 3. The quantitative estimate of drug-likeness (QED) is 0.796. The Balaban J connectivity index is 2.17. The number of amides is 1. The zero-order valence-electron chi connectivity index (χ0n) is 10.1. The summed E-state index contributed by atoms with van der Waals surface area (Å²) >= 11 is 1.18. The van der Waals surface area contributed by atoms with E-state index in [0.717, 1.165) is 6.07 Å². The number of nitrogens with one attached hydrogen (secondary N) is 1. The van der Waals surface area contributed by atoms with Crippen molar-refractivity contribution in [2.24, 2.45) is 0 Å². The highest BCUT2D eigenvalue weighted by atomic mass is 32.1. The van der Waals surface area contributed by atoms with Crippen LogP contribution in [0.25, 0.3) is 0 Å². The predicted octanol–water partition coefficient (Wildman–Crippen LogP) is 1.74. The number of nitrogens with two attached hydrogens (primary N) is 1. The number of benzene rings is 1. The molecule has 20 heavy (non-hydrogen) atoms. The second-order valence-corrected chi connectivity index (χ2v) is 4.76. The number of carbonyl (C=O) groups excluding carboxylic acids is 1. The molecule has 1 amide bonds. The Hall–Kier alpha value is -2.48. The molecule has 0 bridgehead atoms. The molecule has 0 unspecified atom stereocenters. The van der Waals surface area contributed by atoms with Gasteiger partial charge in [-0.1, -0.05) is 6.07 Å². The molecule has 104 valence electrons. The van der Waals surface area contributed by atoms with Gasteiger partial charge in [-0.3, -0.25) is 4.79 Å². The van der Waals surface area contributed by atoms with Crippen LogP contribution in [0.5, 0.6) is 0 Å². The highest BCUT2D eigenvalue weighted by Crippen LogP contribution is 2.20. The number of para-hydroxylation sites is 1. The van der Waals surface area contributed by atoms with Gasteiger partial charge in [0.15, 0.2) is 5.13 Å². The summed E-state index contributed by atoms with van der Waals surface area (Å²) in [5.41, 5.74) is 5.21. The first-order valence-corrected chi connectivity index (χ1v) is 6.37. The van der Waals surface area contributed by atoms with Crippen molar-refractivity contribution in [3.63, 3.8) is 0 Å². The molecule has 0 saturated carbocycles. The Morgan fingerprint density at radius 3 is 2.80 bits per heavy atom. The van der Waals surface area contributed by atoms with Gasteiger partial charge in [0.1, 0.15) is 5.82 Å². The Morgan fingerprint density at radius 1 is 1.45 bits per heavy atom. The molecule has 6 nitrogen and oxygen atoms in total. The Morgan fingerprint density at radius 2 is 2.20 bits per heavy atom. The molecule has 4 N–H and O–H groups in total. The van der Waals surface area contributed by atoms with Crippen LogP contribution in [0.3, 0.4) is 0 Å². The van der Waals surface area contributed by atoms with E-state index in [4.69, 9.17) is 10.8 Å². The highest BCUT2D eigenvalue weighted by molar-refractivity contribution is 7.13. The highest BCUT2D eigenvalue weighted by Gasteiger charge is 2.17. The van der Waals surface area contributed by atoms with E-state index in [1.807, 2.05) is 0 Å². The molecule has 1 heterocycles. The van der Waals surface area contributed by atoms with Crippen LogP contribution in [0.1, 0.15) is 16.1 Å². The van der Waals surface area contributed by atoms with E-state index in [2.05, 4.69) is 10.3 Å². The molecular weight excluding hydrogens is 285 g/mol. The summed E-state index contributed by atoms with van der Waals surface area (Å²) in [5, 5.41) is 13.1. The maximum Gasteiger partial charge on any atom is 0.337 e. The summed E-state index contributed by atoms with van der Waals surface area (Å²) in [7, 11) is 0. The molecule has 0 fully saturated rings. The number of halogens is 1. The monoisotopic (exact) mass is 295 g/mol. The summed E-state index contributed by atoms with van der Waals surface area (Å²) in [5.74, 6) is -2.70. The fraction of sp³-hybridized carbons (Fsp3) is 0.0833. The molecule has 2 aromatic rings. The molecule has 8 heteroatoms. The Bertz CT molecular complexity index is 672. The van der Waals surface area contributed by atoms with Gasteiger partial charge >= 0.3 is 5.97 Å². The van der Waals surface area contributed by atoms with Crippen molar-refractivity contribution in [2.75, 3.05) is 11.1 Å². The normalized spacial score (nSPS) is 10.2. The first-order valence-electron chi connectivity index (χ1n) is 5.49. The molecular formula is C12H10FN3O3S. The zero-order valence-corrected chi connectivity index (χ0v) is 10.9. The van der Waals surface area contributed by atoms with Crippen molar-refractivity contribution in [2.45, 2.75) is 6.42 Å². The molecule has 0 atom stereocenters. The third-order valence-electron chi connectivity index (χ3n) is 2.42. The first-order chi connectivity index (χ1) is 9.47. The van der Waals surface area contributed by atoms with Gasteiger partial charge in [0, 0.05) is 5.38 Å². The number of carboxylic acids is 1. The van der Waals surface area contributed by atoms with Gasteiger partial charge < -0.3 is 16.2 Å². The van der Waals surface area contributed by atoms with E-state index in [1.54, 1.807) is 5.38 Å². The SMILES string of the molecule is Nc1nc(CC(=O)Nc2c(F)cccc2C(=O)O)cs1. The van der Waals surface area contributed by atoms with Crippen LogP contribution in [0.4, 0.5) is 15.2 Å². The van der Waals surface area contributed by atoms with Gasteiger partial charge in [0.25, 0.3) is 0 Å². The average molecular weight is 295 g/mol. The molecule has 0 radical (unpaired) electrons. The van der Waals surface area contributed by atoms with Gasteiger partial charge in [-0.2, -0.15) is 0 Å². The minimum absolute atomic E-state index is 0.110. The summed E-state index contributed by atoms with van der Waals surface area (Å²) < 4.78 is 13.6. The Labute approximate surface area is 117 Å². The smallest absolute Gasteiger partial charge is 0.337 e. The van der Waals surface area contributed by atoms with Gasteiger partial charge in [0.2, 0.25) is 5.91 Å². The minimum Gasteiger partial charge on any atom is -0.478 e. The summed E-state index contributed by atoms with van der Waals surface area (Å²) in [6.07, 6.45) is -0.110. The first kappa shape index (κ1) is 13.9. The molecule has 0 spiro atoms. The van der Waals surface area contributed by atoms with Gasteiger partial charge in [-0.25, -0.2) is 14.2 Å². The van der Waals surface area contributed by atoms with Gasteiger partial charge in [0.05, 0.1) is 23.4 Å². The Kier molecular flexibility index (Phi) is 3.94. The van der Waals surface area contributed by atoms with Crippen LogP contribution in [0.15, 0.2) is 23.6 Å². The van der Waals surface area contributed by atoms with Crippen LogP contribution in [0, 0.1) is 5.82 Å². The summed E-state index contributed by atoms with van der Waals surface area (Å²) in [4.78, 5) is 26.6. The molecule has 0 aliphatic rings. The number of aromatic carboxylic acids is 1. The topological polar surface area (TPSA) is 105 Å². The number of nitrogen functional groups attached to an aromatic ring is 1. The third kappa shape index (κ3) is 3.09. The van der Waals surface area contributed by atoms with Crippen molar-refractivity contribution >= 4 is 34.0 Å². The van der Waals surface area contributed by atoms with E-state index >= 15 is 0 Å². The molecule has 1 aromatic carbocycles.